The van der Waals surface area contributed by atoms with Crippen molar-refractivity contribution in [2.24, 2.45) is 0 Å². The Bertz CT molecular complexity index is 1310. The minimum absolute atomic E-state index is 0.225. The molecule has 5 rings (SSSR count). The van der Waals surface area contributed by atoms with Crippen LogP contribution in [-0.4, -0.2) is 11.1 Å². The quantitative estimate of drug-likeness (QED) is 0.331. The molecule has 2 heterocycles. The zero-order valence-electron chi connectivity index (χ0n) is 17.5. The van der Waals surface area contributed by atoms with Gasteiger partial charge in [-0.05, 0) is 68.4 Å². The summed E-state index contributed by atoms with van der Waals surface area (Å²) >= 11 is 7.64. The van der Waals surface area contributed by atoms with Gasteiger partial charge in [0.25, 0.3) is 0 Å². The first-order chi connectivity index (χ1) is 15.0. The second-order valence-electron chi connectivity index (χ2n) is 7.97. The van der Waals surface area contributed by atoms with Gasteiger partial charge in [-0.2, -0.15) is 0 Å². The molecule has 0 radical (unpaired) electrons. The number of fused-ring (bicyclic) bond motifs is 3. The number of hydrogen-bond donors (Lipinski definition) is 1. The summed E-state index contributed by atoms with van der Waals surface area (Å²) in [5, 5.41) is 3.65. The second kappa shape index (κ2) is 7.55. The maximum Gasteiger partial charge on any atom is 0.129 e. The second-order valence-corrected chi connectivity index (χ2v) is 9.31. The highest BCUT2D eigenvalue weighted by Gasteiger charge is 2.34. The number of benzene rings is 3. The van der Waals surface area contributed by atoms with E-state index in [1.807, 2.05) is 60.7 Å². The number of para-hydroxylation sites is 1. The predicted octanol–water partition coefficient (Wildman–Crippen LogP) is 7.40. The van der Waals surface area contributed by atoms with Crippen LogP contribution in [0.2, 0.25) is 0 Å². The largest absolute Gasteiger partial charge is 0.497 e. The summed E-state index contributed by atoms with van der Waals surface area (Å²) in [5.41, 5.74) is 4.04. The van der Waals surface area contributed by atoms with Crippen molar-refractivity contribution in [3.8, 4) is 34.1 Å². The Labute approximate surface area is 190 Å². The molecule has 0 atom stereocenters. The monoisotopic (exact) mass is 446 g/mol. The average molecular weight is 447 g/mol. The third-order valence-corrected chi connectivity index (χ3v) is 7.34. The number of nitrogens with one attached hydrogen (secondary N) is 1. The molecule has 3 aromatic carbocycles. The molecule has 0 aliphatic carbocycles. The van der Waals surface area contributed by atoms with E-state index in [-0.39, 0.29) is 5.54 Å². The lowest BCUT2D eigenvalue weighted by Gasteiger charge is -2.33. The highest BCUT2D eigenvalue weighted by atomic mass is 32.1. The van der Waals surface area contributed by atoms with Gasteiger partial charge in [-0.1, -0.05) is 41.9 Å². The van der Waals surface area contributed by atoms with E-state index in [0.29, 0.717) is 0 Å². The van der Waals surface area contributed by atoms with Crippen LogP contribution < -0.4 is 14.8 Å². The first-order valence-electron chi connectivity index (χ1n) is 10.0. The molecule has 0 saturated carbocycles. The molecule has 4 aromatic rings. The third kappa shape index (κ3) is 3.52. The van der Waals surface area contributed by atoms with Gasteiger partial charge >= 0.3 is 0 Å². The van der Waals surface area contributed by atoms with Crippen molar-refractivity contribution in [1.82, 2.24) is 3.96 Å². The van der Waals surface area contributed by atoms with Crippen molar-refractivity contribution >= 4 is 29.4 Å². The molecule has 0 saturated heterocycles. The summed E-state index contributed by atoms with van der Waals surface area (Å²) in [6.45, 7) is 4.37. The Morgan fingerprint density at radius 1 is 0.903 bits per heavy atom. The van der Waals surface area contributed by atoms with E-state index in [2.05, 4.69) is 35.3 Å². The lowest BCUT2D eigenvalue weighted by atomic mass is 9.90. The molecule has 4 nitrogen and oxygen atoms in total. The fourth-order valence-electron chi connectivity index (χ4n) is 3.84. The van der Waals surface area contributed by atoms with E-state index in [1.165, 1.54) is 4.88 Å². The number of methoxy groups -OCH3 is 1. The van der Waals surface area contributed by atoms with Gasteiger partial charge in [0.05, 0.1) is 23.2 Å². The molecule has 1 aliphatic heterocycles. The van der Waals surface area contributed by atoms with Crippen molar-refractivity contribution in [3.05, 3.63) is 82.3 Å². The molecule has 0 spiro atoms. The summed E-state index contributed by atoms with van der Waals surface area (Å²) in [5.74, 6) is 2.43. The molecule has 1 N–H and O–H groups in total. The molecule has 156 valence electrons. The number of anilines is 1. The zero-order valence-corrected chi connectivity index (χ0v) is 19.1. The minimum Gasteiger partial charge on any atom is -0.497 e. The van der Waals surface area contributed by atoms with Crippen molar-refractivity contribution in [2.45, 2.75) is 19.4 Å². The van der Waals surface area contributed by atoms with Gasteiger partial charge in [0.2, 0.25) is 0 Å². The molecule has 0 fully saturated rings. The smallest absolute Gasteiger partial charge is 0.129 e. The summed E-state index contributed by atoms with van der Waals surface area (Å²) in [7, 11) is 1.68. The molecule has 0 unspecified atom stereocenters. The molecule has 6 heteroatoms. The highest BCUT2D eigenvalue weighted by molar-refractivity contribution is 7.71. The van der Waals surface area contributed by atoms with Gasteiger partial charge in [0, 0.05) is 16.8 Å². The van der Waals surface area contributed by atoms with Crippen LogP contribution in [0.25, 0.3) is 16.8 Å². The van der Waals surface area contributed by atoms with Crippen LogP contribution in [0.4, 0.5) is 5.69 Å². The first-order valence-corrected chi connectivity index (χ1v) is 11.2. The van der Waals surface area contributed by atoms with Crippen LogP contribution >= 0.6 is 23.8 Å². The van der Waals surface area contributed by atoms with E-state index in [9.17, 15) is 0 Å². The number of hydrogen-bond acceptors (Lipinski definition) is 5. The lowest BCUT2D eigenvalue weighted by Crippen LogP contribution is -2.30. The van der Waals surface area contributed by atoms with Crippen LogP contribution in [-0.2, 0) is 5.54 Å². The summed E-state index contributed by atoms with van der Waals surface area (Å²) < 4.78 is 14.3. The normalized spacial score (nSPS) is 13.6. The fourth-order valence-corrected chi connectivity index (χ4v) is 5.50. The van der Waals surface area contributed by atoms with E-state index < -0.39 is 0 Å². The summed E-state index contributed by atoms with van der Waals surface area (Å²) in [6, 6.07) is 23.9. The van der Waals surface area contributed by atoms with E-state index >= 15 is 0 Å². The SMILES string of the molecule is COc1ccc2c(c1)-c1c(sn(-c3ccc(Oc4ccccc4)cc3)c1=S)C(C)(C)N2. The van der Waals surface area contributed by atoms with Gasteiger partial charge in [0.1, 0.15) is 21.9 Å². The van der Waals surface area contributed by atoms with Crippen molar-refractivity contribution in [3.63, 3.8) is 0 Å². The number of ether oxygens (including phenoxy) is 2. The fraction of sp³-hybridized carbons (Fsp3) is 0.160. The Balaban J connectivity index is 1.56. The van der Waals surface area contributed by atoms with Gasteiger partial charge in [0.15, 0.2) is 0 Å². The molecule has 1 aromatic heterocycles. The maximum absolute atomic E-state index is 5.96. The molecule has 0 bridgehead atoms. The van der Waals surface area contributed by atoms with Gasteiger partial charge in [-0.3, -0.25) is 3.96 Å². The molecular weight excluding hydrogens is 424 g/mol. The van der Waals surface area contributed by atoms with Crippen LogP contribution in [0.3, 0.4) is 0 Å². The predicted molar refractivity (Wildman–Crippen MR) is 130 cm³/mol. The summed E-state index contributed by atoms with van der Waals surface area (Å²) in [4.78, 5) is 1.21. The van der Waals surface area contributed by atoms with Crippen molar-refractivity contribution < 1.29 is 9.47 Å². The van der Waals surface area contributed by atoms with Crippen LogP contribution in [0.15, 0.2) is 72.8 Å². The van der Waals surface area contributed by atoms with E-state index in [4.69, 9.17) is 21.7 Å². The number of rotatable bonds is 4. The standard InChI is InChI=1S/C25H22N2O2S2/c1-25(2)23-22(20-15-19(28-3)13-14-21(20)26-25)24(30)27(31-23)16-9-11-18(12-10-16)29-17-7-5-4-6-8-17/h4-15,26H,1-3H3. The van der Waals surface area contributed by atoms with Gasteiger partial charge in [-0.15, -0.1) is 0 Å². The summed E-state index contributed by atoms with van der Waals surface area (Å²) in [6.07, 6.45) is 0. The van der Waals surface area contributed by atoms with Gasteiger partial charge in [-0.25, -0.2) is 0 Å². The Kier molecular flexibility index (Phi) is 4.84. The topological polar surface area (TPSA) is 35.4 Å². The molecular formula is C25H22N2O2S2. The maximum atomic E-state index is 5.96. The highest BCUT2D eigenvalue weighted by Crippen LogP contribution is 2.48. The zero-order chi connectivity index (χ0) is 21.6. The average Bonchev–Trinajstić information content (AvgIpc) is 3.13. The number of nitrogens with zero attached hydrogens (tertiary/aromatic N) is 1. The van der Waals surface area contributed by atoms with Crippen molar-refractivity contribution in [1.29, 1.82) is 0 Å². The van der Waals surface area contributed by atoms with Gasteiger partial charge < -0.3 is 14.8 Å². The minimum atomic E-state index is -0.225. The van der Waals surface area contributed by atoms with E-state index in [0.717, 1.165) is 44.4 Å². The Morgan fingerprint density at radius 3 is 2.29 bits per heavy atom. The molecule has 0 amide bonds. The van der Waals surface area contributed by atoms with Crippen LogP contribution in [0.5, 0.6) is 17.2 Å². The Morgan fingerprint density at radius 2 is 1.58 bits per heavy atom. The van der Waals surface area contributed by atoms with Crippen molar-refractivity contribution in [2.75, 3.05) is 12.4 Å². The molecule has 1 aliphatic rings. The van der Waals surface area contributed by atoms with Crippen LogP contribution in [0.1, 0.15) is 18.7 Å². The third-order valence-electron chi connectivity index (χ3n) is 5.37. The van der Waals surface area contributed by atoms with Crippen LogP contribution in [0, 0.1) is 4.64 Å². The Hall–Kier alpha value is -3.09. The first kappa shape index (κ1) is 19.8. The molecule has 31 heavy (non-hydrogen) atoms. The number of aromatic nitrogens is 1. The lowest BCUT2D eigenvalue weighted by molar-refractivity contribution is 0.415. The van der Waals surface area contributed by atoms with E-state index in [1.54, 1.807) is 18.6 Å².